The van der Waals surface area contributed by atoms with Gasteiger partial charge in [-0.2, -0.15) is 4.98 Å². The minimum absolute atomic E-state index is 0.113. The molecule has 1 amide bonds. The SMILES string of the molecule is COc1ccc(Nc2nc(C)cc(N3CCN(C(C)=O)CC3)n2)c(OC)c1. The van der Waals surface area contributed by atoms with E-state index in [-0.39, 0.29) is 5.91 Å². The number of carbonyl (C=O) groups excluding carboxylic acids is 1. The second-order valence-electron chi connectivity index (χ2n) is 6.38. The van der Waals surface area contributed by atoms with Crippen molar-refractivity contribution < 1.29 is 14.3 Å². The van der Waals surface area contributed by atoms with Gasteiger partial charge in [0, 0.05) is 50.9 Å². The van der Waals surface area contributed by atoms with Gasteiger partial charge in [0.2, 0.25) is 11.9 Å². The molecule has 8 nitrogen and oxygen atoms in total. The molecule has 1 N–H and O–H groups in total. The quantitative estimate of drug-likeness (QED) is 0.863. The summed E-state index contributed by atoms with van der Waals surface area (Å²) in [4.78, 5) is 24.7. The summed E-state index contributed by atoms with van der Waals surface area (Å²) in [7, 11) is 3.22. The monoisotopic (exact) mass is 371 g/mol. The topological polar surface area (TPSA) is 79.8 Å². The molecule has 0 atom stereocenters. The fraction of sp³-hybridized carbons (Fsp3) is 0.421. The molecular formula is C19H25N5O3. The number of hydrogen-bond donors (Lipinski definition) is 1. The van der Waals surface area contributed by atoms with Gasteiger partial charge >= 0.3 is 0 Å². The maximum Gasteiger partial charge on any atom is 0.229 e. The van der Waals surface area contributed by atoms with Crippen LogP contribution in [-0.4, -0.2) is 61.2 Å². The Hall–Kier alpha value is -3.03. The fourth-order valence-corrected chi connectivity index (χ4v) is 3.04. The van der Waals surface area contributed by atoms with Crippen LogP contribution in [0.5, 0.6) is 11.5 Å². The van der Waals surface area contributed by atoms with Crippen molar-refractivity contribution in [3.05, 3.63) is 30.0 Å². The van der Waals surface area contributed by atoms with Crippen LogP contribution in [0.1, 0.15) is 12.6 Å². The molecule has 0 radical (unpaired) electrons. The van der Waals surface area contributed by atoms with Gasteiger partial charge in [-0.15, -0.1) is 0 Å². The van der Waals surface area contributed by atoms with Crippen LogP contribution in [0.25, 0.3) is 0 Å². The van der Waals surface area contributed by atoms with Gasteiger partial charge in [-0.25, -0.2) is 4.98 Å². The number of anilines is 3. The highest BCUT2D eigenvalue weighted by Gasteiger charge is 2.20. The molecule has 1 aliphatic rings. The molecule has 1 saturated heterocycles. The summed E-state index contributed by atoms with van der Waals surface area (Å²) in [6.45, 7) is 6.45. The predicted molar refractivity (Wildman–Crippen MR) is 104 cm³/mol. The first kappa shape index (κ1) is 18.8. The summed E-state index contributed by atoms with van der Waals surface area (Å²) in [6, 6.07) is 7.48. The van der Waals surface area contributed by atoms with Gasteiger partial charge in [0.1, 0.15) is 17.3 Å². The number of nitrogens with one attached hydrogen (secondary N) is 1. The Kier molecular flexibility index (Phi) is 5.63. The van der Waals surface area contributed by atoms with E-state index >= 15 is 0 Å². The predicted octanol–water partition coefficient (Wildman–Crippen LogP) is 2.21. The molecule has 2 aromatic rings. The summed E-state index contributed by atoms with van der Waals surface area (Å²) in [6.07, 6.45) is 0. The van der Waals surface area contributed by atoms with E-state index in [4.69, 9.17) is 9.47 Å². The molecule has 0 bridgehead atoms. The first-order chi connectivity index (χ1) is 13.0. The molecule has 27 heavy (non-hydrogen) atoms. The van der Waals surface area contributed by atoms with E-state index in [0.717, 1.165) is 30.3 Å². The largest absolute Gasteiger partial charge is 0.497 e. The van der Waals surface area contributed by atoms with Crippen LogP contribution in [0, 0.1) is 6.92 Å². The van der Waals surface area contributed by atoms with Crippen molar-refractivity contribution in [3.8, 4) is 11.5 Å². The molecule has 144 valence electrons. The third-order valence-corrected chi connectivity index (χ3v) is 4.54. The summed E-state index contributed by atoms with van der Waals surface area (Å²) in [5.74, 6) is 2.83. The minimum Gasteiger partial charge on any atom is -0.497 e. The number of carbonyl (C=O) groups is 1. The van der Waals surface area contributed by atoms with Crippen LogP contribution in [-0.2, 0) is 4.79 Å². The summed E-state index contributed by atoms with van der Waals surface area (Å²) in [5.41, 5.74) is 1.63. The highest BCUT2D eigenvalue weighted by Crippen LogP contribution is 2.31. The Labute approximate surface area is 159 Å². The Morgan fingerprint density at radius 2 is 1.81 bits per heavy atom. The second kappa shape index (κ2) is 8.11. The number of methoxy groups -OCH3 is 2. The first-order valence-corrected chi connectivity index (χ1v) is 8.85. The zero-order valence-electron chi connectivity index (χ0n) is 16.2. The first-order valence-electron chi connectivity index (χ1n) is 8.85. The summed E-state index contributed by atoms with van der Waals surface area (Å²) >= 11 is 0. The van der Waals surface area contributed by atoms with Crippen molar-refractivity contribution >= 4 is 23.4 Å². The number of rotatable bonds is 5. The van der Waals surface area contributed by atoms with E-state index in [1.807, 2.05) is 30.0 Å². The molecule has 1 aromatic carbocycles. The van der Waals surface area contributed by atoms with Crippen molar-refractivity contribution in [1.82, 2.24) is 14.9 Å². The standard InChI is InChI=1S/C19H25N5O3/c1-13-11-18(24-9-7-23(8-10-24)14(2)25)22-19(20-13)21-16-6-5-15(26-3)12-17(16)27-4/h5-6,11-12H,7-10H2,1-4H3,(H,20,21,22). The van der Waals surface area contributed by atoms with Gasteiger partial charge in [0.05, 0.1) is 19.9 Å². The lowest BCUT2D eigenvalue weighted by atomic mass is 10.2. The number of aromatic nitrogens is 2. The molecule has 1 fully saturated rings. The number of benzene rings is 1. The lowest BCUT2D eigenvalue weighted by molar-refractivity contribution is -0.129. The number of aryl methyl sites for hydroxylation is 1. The molecule has 3 rings (SSSR count). The van der Waals surface area contributed by atoms with Crippen molar-refractivity contribution in [1.29, 1.82) is 0 Å². The highest BCUT2D eigenvalue weighted by atomic mass is 16.5. The fourth-order valence-electron chi connectivity index (χ4n) is 3.04. The smallest absolute Gasteiger partial charge is 0.229 e. The van der Waals surface area contributed by atoms with Crippen LogP contribution in [0.3, 0.4) is 0 Å². The van der Waals surface area contributed by atoms with Gasteiger partial charge < -0.3 is 24.6 Å². The van der Waals surface area contributed by atoms with Gasteiger partial charge in [-0.05, 0) is 19.1 Å². The third kappa shape index (κ3) is 4.39. The molecule has 0 spiro atoms. The Morgan fingerprint density at radius 1 is 1.07 bits per heavy atom. The van der Waals surface area contributed by atoms with Crippen LogP contribution in [0.2, 0.25) is 0 Å². The molecule has 2 heterocycles. The Bertz CT molecular complexity index is 819. The highest BCUT2D eigenvalue weighted by molar-refractivity contribution is 5.73. The van der Waals surface area contributed by atoms with E-state index in [1.54, 1.807) is 27.2 Å². The van der Waals surface area contributed by atoms with E-state index in [9.17, 15) is 4.79 Å². The summed E-state index contributed by atoms with van der Waals surface area (Å²) < 4.78 is 10.7. The lowest BCUT2D eigenvalue weighted by Gasteiger charge is -2.35. The van der Waals surface area contributed by atoms with Crippen molar-refractivity contribution in [2.75, 3.05) is 50.6 Å². The van der Waals surface area contributed by atoms with Crippen LogP contribution in [0.15, 0.2) is 24.3 Å². The van der Waals surface area contributed by atoms with Crippen LogP contribution < -0.4 is 19.7 Å². The summed E-state index contributed by atoms with van der Waals surface area (Å²) in [5, 5.41) is 3.23. The van der Waals surface area contributed by atoms with E-state index < -0.39 is 0 Å². The minimum atomic E-state index is 0.113. The lowest BCUT2D eigenvalue weighted by Crippen LogP contribution is -2.48. The van der Waals surface area contributed by atoms with Gasteiger partial charge in [-0.3, -0.25) is 4.79 Å². The van der Waals surface area contributed by atoms with Gasteiger partial charge in [0.25, 0.3) is 0 Å². The molecule has 8 heteroatoms. The molecule has 1 aromatic heterocycles. The third-order valence-electron chi connectivity index (χ3n) is 4.54. The maximum absolute atomic E-state index is 11.5. The van der Waals surface area contributed by atoms with Gasteiger partial charge in [0.15, 0.2) is 0 Å². The van der Waals surface area contributed by atoms with Crippen LogP contribution in [0.4, 0.5) is 17.5 Å². The average Bonchev–Trinajstić information content (AvgIpc) is 2.68. The number of ether oxygens (including phenoxy) is 2. The molecule has 0 unspecified atom stereocenters. The van der Waals surface area contributed by atoms with Crippen molar-refractivity contribution in [2.45, 2.75) is 13.8 Å². The number of nitrogens with zero attached hydrogens (tertiary/aromatic N) is 4. The second-order valence-corrected chi connectivity index (χ2v) is 6.38. The number of piperazine rings is 1. The average molecular weight is 371 g/mol. The molecule has 0 aliphatic carbocycles. The van der Waals surface area contributed by atoms with E-state index in [0.29, 0.717) is 30.5 Å². The maximum atomic E-state index is 11.5. The molecular weight excluding hydrogens is 346 g/mol. The Morgan fingerprint density at radius 3 is 2.44 bits per heavy atom. The van der Waals surface area contributed by atoms with E-state index in [2.05, 4.69) is 20.2 Å². The molecule has 1 aliphatic heterocycles. The molecule has 0 saturated carbocycles. The van der Waals surface area contributed by atoms with Gasteiger partial charge in [-0.1, -0.05) is 0 Å². The Balaban J connectivity index is 1.79. The normalized spacial score (nSPS) is 14.1. The van der Waals surface area contributed by atoms with Crippen molar-refractivity contribution in [2.24, 2.45) is 0 Å². The zero-order chi connectivity index (χ0) is 19.4. The van der Waals surface area contributed by atoms with Crippen LogP contribution >= 0.6 is 0 Å². The van der Waals surface area contributed by atoms with E-state index in [1.165, 1.54) is 0 Å². The number of amides is 1. The number of hydrogen-bond acceptors (Lipinski definition) is 7. The van der Waals surface area contributed by atoms with Crippen molar-refractivity contribution in [3.63, 3.8) is 0 Å². The zero-order valence-corrected chi connectivity index (χ0v) is 16.2.